The van der Waals surface area contributed by atoms with Gasteiger partial charge in [0.1, 0.15) is 0 Å². The summed E-state index contributed by atoms with van der Waals surface area (Å²) in [6.45, 7) is 0. The van der Waals surface area contributed by atoms with Crippen LogP contribution in [-0.2, 0) is 0 Å². The molecule has 0 aliphatic heterocycles. The summed E-state index contributed by atoms with van der Waals surface area (Å²) in [5.41, 5.74) is 0. The Bertz CT molecular complexity index is 25.5. The quantitative estimate of drug-likeness (QED) is 0.451. The third kappa shape index (κ3) is 8.85. The van der Waals surface area contributed by atoms with E-state index < -0.39 is 0 Å². The minimum Gasteiger partial charge on any atom is -0.412 e. The minimum absolute atomic E-state index is 0. The molecular weight excluding hydrogens is 101 g/mol. The molecule has 1 unspecified atom stereocenters. The van der Waals surface area contributed by atoms with Crippen molar-refractivity contribution in [2.24, 2.45) is 0 Å². The van der Waals surface area contributed by atoms with Gasteiger partial charge in [0.2, 0.25) is 0 Å². The van der Waals surface area contributed by atoms with Gasteiger partial charge in [-0.25, -0.2) is 0 Å². The van der Waals surface area contributed by atoms with Crippen molar-refractivity contribution in [1.82, 2.24) is 4.67 Å². The average molecular weight is 111 g/mol. The molecule has 0 aliphatic carbocycles. The maximum atomic E-state index is 8.10. The summed E-state index contributed by atoms with van der Waals surface area (Å²) in [7, 11) is 3.58. The van der Waals surface area contributed by atoms with Gasteiger partial charge in [-0.3, -0.25) is 4.67 Å². The Labute approximate surface area is 39.2 Å². The maximum Gasteiger partial charge on any atom is 0.0847 e. The molecule has 0 rings (SSSR count). The molecule has 3 nitrogen and oxygen atoms in total. The average Bonchev–Trinajstić information content (AvgIpc) is 1.38. The van der Waals surface area contributed by atoms with Gasteiger partial charge in [0.15, 0.2) is 0 Å². The molecule has 0 heterocycles. The van der Waals surface area contributed by atoms with Gasteiger partial charge in [0.05, 0.1) is 8.96 Å². The molecule has 0 spiro atoms. The zero-order valence-electron chi connectivity index (χ0n) is 3.89. The minimum atomic E-state index is -0.0525. The number of hydrogen-bond acceptors (Lipinski definition) is 2. The highest BCUT2D eigenvalue weighted by atomic mass is 31.1. The molecule has 1 atom stereocenters. The van der Waals surface area contributed by atoms with Gasteiger partial charge in [-0.1, -0.05) is 0 Å². The van der Waals surface area contributed by atoms with Crippen molar-refractivity contribution in [2.45, 2.75) is 0 Å². The molecule has 0 aromatic rings. The first-order valence-electron chi connectivity index (χ1n) is 1.34. The molecule has 40 valence electrons. The fraction of sp³-hybridized carbons (Fsp3) is 1.00. The van der Waals surface area contributed by atoms with Crippen LogP contribution in [0, 0.1) is 0 Å². The normalized spacial score (nSPS) is 10.0. The molecule has 3 N–H and O–H groups in total. The van der Waals surface area contributed by atoms with Crippen molar-refractivity contribution in [3.05, 3.63) is 0 Å². The van der Waals surface area contributed by atoms with E-state index in [1.165, 1.54) is 0 Å². The monoisotopic (exact) mass is 111 g/mol. The highest BCUT2D eigenvalue weighted by molar-refractivity contribution is 7.28. The fourth-order valence-electron chi connectivity index (χ4n) is 0. The van der Waals surface area contributed by atoms with Crippen LogP contribution in [0.4, 0.5) is 0 Å². The topological polar surface area (TPSA) is 55.0 Å². The Morgan fingerprint density at radius 1 is 1.50 bits per heavy atom. The zero-order valence-corrected chi connectivity index (χ0v) is 4.89. The van der Waals surface area contributed by atoms with Crippen molar-refractivity contribution < 1.29 is 10.4 Å². The van der Waals surface area contributed by atoms with Gasteiger partial charge >= 0.3 is 0 Å². The summed E-state index contributed by atoms with van der Waals surface area (Å²) < 4.78 is 1.71. The third-order valence-corrected chi connectivity index (χ3v) is 0.600. The zero-order chi connectivity index (χ0) is 4.28. The van der Waals surface area contributed by atoms with Crippen LogP contribution in [-0.4, -0.2) is 29.1 Å². The highest BCUT2D eigenvalue weighted by Crippen LogP contribution is 2.00. The van der Waals surface area contributed by atoms with Gasteiger partial charge in [-0.15, -0.1) is 0 Å². The lowest BCUT2D eigenvalue weighted by molar-refractivity contribution is 0.554. The Morgan fingerprint density at radius 2 is 1.67 bits per heavy atom. The molecule has 4 heteroatoms. The standard InChI is InChI=1S/C2H8NOP.H2O/c1-3(2)5-4;/h4-5H,1-2H3;1H2. The Hall–Kier alpha value is 0.310. The van der Waals surface area contributed by atoms with Crippen LogP contribution in [0.15, 0.2) is 0 Å². The van der Waals surface area contributed by atoms with E-state index in [-0.39, 0.29) is 14.4 Å². The van der Waals surface area contributed by atoms with Crippen LogP contribution < -0.4 is 0 Å². The number of hydrogen-bond donors (Lipinski definition) is 1. The van der Waals surface area contributed by atoms with Crippen molar-refractivity contribution in [1.29, 1.82) is 0 Å². The maximum absolute atomic E-state index is 8.10. The van der Waals surface area contributed by atoms with E-state index in [0.717, 1.165) is 0 Å². The Balaban J connectivity index is 0. The van der Waals surface area contributed by atoms with Crippen LogP contribution in [0.1, 0.15) is 0 Å². The smallest absolute Gasteiger partial charge is 0.0847 e. The second-order valence-electron chi connectivity index (χ2n) is 0.994. The largest absolute Gasteiger partial charge is 0.412 e. The first-order valence-corrected chi connectivity index (χ1v) is 2.24. The second kappa shape index (κ2) is 5.31. The summed E-state index contributed by atoms with van der Waals surface area (Å²) in [6, 6.07) is 0. The predicted molar refractivity (Wildman–Crippen MR) is 27.8 cm³/mol. The van der Waals surface area contributed by atoms with E-state index in [1.807, 2.05) is 14.1 Å². The Morgan fingerprint density at radius 3 is 1.67 bits per heavy atom. The summed E-state index contributed by atoms with van der Waals surface area (Å²) in [5.74, 6) is 0. The van der Waals surface area contributed by atoms with E-state index in [4.69, 9.17) is 4.89 Å². The lowest BCUT2D eigenvalue weighted by Gasteiger charge is -1.98. The van der Waals surface area contributed by atoms with Crippen molar-refractivity contribution in [3.63, 3.8) is 0 Å². The number of nitrogens with zero attached hydrogens (tertiary/aromatic N) is 1. The van der Waals surface area contributed by atoms with E-state index in [0.29, 0.717) is 0 Å². The molecule has 0 aliphatic rings. The van der Waals surface area contributed by atoms with Crippen LogP contribution >= 0.6 is 8.96 Å². The predicted octanol–water partition coefficient (Wildman–Crippen LogP) is -0.776. The van der Waals surface area contributed by atoms with E-state index in [1.54, 1.807) is 4.67 Å². The van der Waals surface area contributed by atoms with Crippen molar-refractivity contribution >= 4 is 8.96 Å². The van der Waals surface area contributed by atoms with Gasteiger partial charge < -0.3 is 10.4 Å². The van der Waals surface area contributed by atoms with Crippen molar-refractivity contribution in [2.75, 3.05) is 14.1 Å². The molecule has 0 aromatic heterocycles. The van der Waals surface area contributed by atoms with Gasteiger partial charge in [-0.05, 0) is 14.1 Å². The van der Waals surface area contributed by atoms with E-state index in [2.05, 4.69) is 0 Å². The Kier molecular flexibility index (Phi) is 8.48. The molecule has 0 fully saturated rings. The number of rotatable bonds is 1. The van der Waals surface area contributed by atoms with E-state index in [9.17, 15) is 0 Å². The first-order chi connectivity index (χ1) is 2.27. The van der Waals surface area contributed by atoms with Crippen LogP contribution in [0.5, 0.6) is 0 Å². The van der Waals surface area contributed by atoms with Crippen LogP contribution in [0.3, 0.4) is 0 Å². The third-order valence-electron chi connectivity index (χ3n) is 0.200. The highest BCUT2D eigenvalue weighted by Gasteiger charge is 1.74. The van der Waals surface area contributed by atoms with Gasteiger partial charge in [-0.2, -0.15) is 0 Å². The fourth-order valence-corrected chi connectivity index (χ4v) is 0. The summed E-state index contributed by atoms with van der Waals surface area (Å²) >= 11 is 0. The van der Waals surface area contributed by atoms with Gasteiger partial charge in [0, 0.05) is 0 Å². The molecule has 0 radical (unpaired) electrons. The first kappa shape index (κ1) is 9.58. The molecule has 0 amide bonds. The van der Waals surface area contributed by atoms with Gasteiger partial charge in [0.25, 0.3) is 0 Å². The molecule has 0 bridgehead atoms. The molecular formula is C2H10NO2P. The molecule has 6 heavy (non-hydrogen) atoms. The van der Waals surface area contributed by atoms with Crippen LogP contribution in [0.2, 0.25) is 0 Å². The summed E-state index contributed by atoms with van der Waals surface area (Å²) in [5, 5.41) is 0. The van der Waals surface area contributed by atoms with Crippen LogP contribution in [0.25, 0.3) is 0 Å². The molecule has 0 saturated heterocycles. The van der Waals surface area contributed by atoms with E-state index >= 15 is 0 Å². The molecule has 0 aromatic carbocycles. The summed E-state index contributed by atoms with van der Waals surface area (Å²) in [6.07, 6.45) is 0. The lowest BCUT2D eigenvalue weighted by atomic mass is 11.3. The SMILES string of the molecule is CN(C)PO.O. The lowest BCUT2D eigenvalue weighted by Crippen LogP contribution is -1.93. The molecule has 0 saturated carbocycles. The summed E-state index contributed by atoms with van der Waals surface area (Å²) in [4.78, 5) is 8.10. The van der Waals surface area contributed by atoms with Crippen molar-refractivity contribution in [3.8, 4) is 0 Å². The second-order valence-corrected chi connectivity index (χ2v) is 2.09.